The number of hydrogen-bond acceptors (Lipinski definition) is 14. The molecular weight excluding hydrogens is 1210 g/mol. The second-order valence-corrected chi connectivity index (χ2v) is 28.1. The van der Waals surface area contributed by atoms with Crippen molar-refractivity contribution in [3.8, 4) is 5.75 Å². The highest BCUT2D eigenvalue weighted by Gasteiger charge is 2.46. The molecule has 1 aliphatic rings. The molecule has 25 heteroatoms. The van der Waals surface area contributed by atoms with Gasteiger partial charge < -0.3 is 65.4 Å². The number of carbonyl (C=O) groups excluding carboxylic acids is 12. The first-order valence-electron chi connectivity index (χ1n) is 33.2. The Labute approximate surface area is 559 Å². The Hall–Kier alpha value is -7.44. The van der Waals surface area contributed by atoms with Crippen molar-refractivity contribution in [2.75, 3.05) is 55.9 Å². The predicted molar refractivity (Wildman–Crippen MR) is 360 cm³/mol. The summed E-state index contributed by atoms with van der Waals surface area (Å²) in [5, 5.41) is 23.4. The Morgan fingerprint density at radius 2 is 0.947 bits per heavy atom. The van der Waals surface area contributed by atoms with Gasteiger partial charge in [-0.2, -0.15) is 0 Å². The van der Waals surface area contributed by atoms with Gasteiger partial charge >= 0.3 is 5.97 Å². The number of ether oxygens (including phenoxy) is 1. The molecule has 530 valence electrons. The standard InChI is InChI=1S/C69H115N11O14/c1-25-50-65(89)74(18)37-55(82)75(19)51(33-38(2)3)62(86)73-56(42(10)11)68(92)76(20)52(34-39(4)5)61(85)70-45(15)60(84)71-46(16)64(88)77(21)53(35-40(6)7)66(90)78(22)54(36-41(8)9)67(91)79(23)57(43(12)13)69(93)80(24)58(63(87)72-50)59(83)44(14)27-26-28-48-29-31-49(32-30-48)94-47(17)81/h26,28-32,38-46,50-54,56-59,83H,25,27,33-37H2,1-24H3,(H,70,85)(H,71,84)(H,72,87)(H,73,86)/b28-26+/t44-,45+,46-,50+,51+,52+,53+,54+,56+,57+,58+,59-/m1/s1. The van der Waals surface area contributed by atoms with E-state index in [4.69, 9.17) is 4.74 Å². The van der Waals surface area contributed by atoms with E-state index in [-0.39, 0.29) is 62.2 Å². The van der Waals surface area contributed by atoms with Gasteiger partial charge in [0.15, 0.2) is 0 Å². The zero-order valence-corrected chi connectivity index (χ0v) is 60.7. The molecule has 1 aromatic carbocycles. The number of esters is 1. The molecule has 11 amide bonds. The van der Waals surface area contributed by atoms with Crippen LogP contribution in [0.15, 0.2) is 30.3 Å². The minimum Gasteiger partial charge on any atom is -0.427 e. The first-order valence-corrected chi connectivity index (χ1v) is 33.2. The minimum atomic E-state index is -1.70. The molecule has 0 spiro atoms. The molecule has 25 nitrogen and oxygen atoms in total. The quantitative estimate of drug-likeness (QED) is 0.107. The molecule has 0 aliphatic carbocycles. The fourth-order valence-corrected chi connectivity index (χ4v) is 11.6. The first kappa shape index (κ1) is 82.7. The van der Waals surface area contributed by atoms with Gasteiger partial charge in [-0.15, -0.1) is 0 Å². The highest BCUT2D eigenvalue weighted by molar-refractivity contribution is 5.99. The van der Waals surface area contributed by atoms with Gasteiger partial charge in [-0.25, -0.2) is 0 Å². The number of likely N-dealkylation sites (N-methyl/N-ethyl adjacent to an activating group) is 7. The molecule has 1 aromatic rings. The number of aliphatic hydroxyl groups excluding tert-OH is 1. The molecule has 0 saturated carbocycles. The van der Waals surface area contributed by atoms with Crippen LogP contribution in [0.25, 0.3) is 6.08 Å². The van der Waals surface area contributed by atoms with Crippen LogP contribution >= 0.6 is 0 Å². The third-order valence-electron chi connectivity index (χ3n) is 17.3. The normalized spacial score (nSPS) is 25.4. The van der Waals surface area contributed by atoms with Crippen LogP contribution in [-0.2, 0) is 57.5 Å². The molecule has 0 radical (unpaired) electrons. The molecule has 1 aliphatic heterocycles. The SMILES string of the molecule is CC[C@@H]1NC(=O)[C@H]([C@H](O)[C@H](C)C/C=C/c2ccc(OC(C)=O)cc2)N(C)C(=O)[C@H](C(C)C)N(C)C(=O)[C@H](CC(C)C)N(C)C(=O)[C@H](CC(C)C)N(C)C(=O)[C@@H](C)NC(=O)[C@H](C)NC(=O)[C@H](CC(C)C)N(C)C(=O)[C@H](C(C)C)NC(=O)[C@H](CC(C)C)N(C)C(=O)CN(C)C1=O. The lowest BCUT2D eigenvalue weighted by molar-refractivity contribution is -0.157. The monoisotopic (exact) mass is 1320 g/mol. The Kier molecular flexibility index (Phi) is 33.1. The summed E-state index contributed by atoms with van der Waals surface area (Å²) in [4.78, 5) is 181. The molecular formula is C69H115N11O14. The number of rotatable bonds is 17. The van der Waals surface area contributed by atoms with Crippen LogP contribution < -0.4 is 26.0 Å². The number of allylic oxidation sites excluding steroid dienone is 1. The van der Waals surface area contributed by atoms with Crippen molar-refractivity contribution < 1.29 is 67.4 Å². The number of aliphatic hydroxyl groups is 1. The zero-order chi connectivity index (χ0) is 72.2. The van der Waals surface area contributed by atoms with Crippen molar-refractivity contribution in [2.45, 2.75) is 223 Å². The van der Waals surface area contributed by atoms with E-state index in [2.05, 4.69) is 21.3 Å². The van der Waals surface area contributed by atoms with Gasteiger partial charge in [-0.3, -0.25) is 57.5 Å². The van der Waals surface area contributed by atoms with E-state index >= 15 is 19.2 Å². The van der Waals surface area contributed by atoms with Gasteiger partial charge in [0, 0.05) is 56.3 Å². The van der Waals surface area contributed by atoms with Crippen LogP contribution in [0.5, 0.6) is 5.75 Å². The minimum absolute atomic E-state index is 0.0184. The summed E-state index contributed by atoms with van der Waals surface area (Å²) in [5.74, 6) is -10.4. The lowest BCUT2D eigenvalue weighted by atomic mass is 9.91. The molecule has 12 atom stereocenters. The van der Waals surface area contributed by atoms with Crippen molar-refractivity contribution in [1.82, 2.24) is 55.6 Å². The summed E-state index contributed by atoms with van der Waals surface area (Å²) >= 11 is 0. The van der Waals surface area contributed by atoms with Crippen LogP contribution in [0.3, 0.4) is 0 Å². The fraction of sp³-hybridized carbons (Fsp3) is 0.710. The summed E-state index contributed by atoms with van der Waals surface area (Å²) in [7, 11) is 9.82. The largest absolute Gasteiger partial charge is 0.427 e. The molecule has 0 bridgehead atoms. The van der Waals surface area contributed by atoms with Gasteiger partial charge in [-0.1, -0.05) is 121 Å². The Balaban J connectivity index is 2.99. The highest BCUT2D eigenvalue weighted by atomic mass is 16.5. The summed E-state index contributed by atoms with van der Waals surface area (Å²) < 4.78 is 5.16. The van der Waals surface area contributed by atoms with Crippen LogP contribution in [0.1, 0.15) is 162 Å². The van der Waals surface area contributed by atoms with E-state index in [1.807, 2.05) is 55.4 Å². The Bertz CT molecular complexity index is 2810. The van der Waals surface area contributed by atoms with Crippen LogP contribution in [0.2, 0.25) is 0 Å². The van der Waals surface area contributed by atoms with Crippen molar-refractivity contribution in [2.24, 2.45) is 41.4 Å². The van der Waals surface area contributed by atoms with Crippen molar-refractivity contribution in [3.05, 3.63) is 35.9 Å². The number of carbonyl (C=O) groups is 12. The molecule has 2 rings (SSSR count). The van der Waals surface area contributed by atoms with E-state index < -0.39 is 162 Å². The summed E-state index contributed by atoms with van der Waals surface area (Å²) in [5.41, 5.74) is 0.728. The summed E-state index contributed by atoms with van der Waals surface area (Å²) in [6.07, 6.45) is 2.60. The van der Waals surface area contributed by atoms with Crippen LogP contribution in [0, 0.1) is 41.4 Å². The van der Waals surface area contributed by atoms with E-state index in [0.29, 0.717) is 5.75 Å². The fourth-order valence-electron chi connectivity index (χ4n) is 11.6. The van der Waals surface area contributed by atoms with E-state index in [9.17, 15) is 43.5 Å². The maximum absolute atomic E-state index is 15.4. The van der Waals surface area contributed by atoms with Gasteiger partial charge in [0.25, 0.3) is 0 Å². The molecule has 1 saturated heterocycles. The number of nitrogens with zero attached hydrogens (tertiary/aromatic N) is 7. The van der Waals surface area contributed by atoms with Crippen molar-refractivity contribution >= 4 is 77.0 Å². The molecule has 5 N–H and O–H groups in total. The smallest absolute Gasteiger partial charge is 0.308 e. The maximum atomic E-state index is 15.4. The third-order valence-corrected chi connectivity index (χ3v) is 17.3. The number of amides is 11. The second-order valence-electron chi connectivity index (χ2n) is 28.1. The first-order chi connectivity index (χ1) is 43.5. The molecule has 1 heterocycles. The number of benzene rings is 1. The topological polar surface area (TPSA) is 305 Å². The van der Waals surface area contributed by atoms with Gasteiger partial charge in [0.1, 0.15) is 66.2 Å². The second kappa shape index (κ2) is 37.6. The number of nitrogens with one attached hydrogen (secondary N) is 4. The van der Waals surface area contributed by atoms with Crippen LogP contribution in [0.4, 0.5) is 0 Å². The lowest BCUT2D eigenvalue weighted by Gasteiger charge is -2.41. The van der Waals surface area contributed by atoms with Gasteiger partial charge in [0.2, 0.25) is 65.0 Å². The van der Waals surface area contributed by atoms with E-state index in [1.165, 1.54) is 94.6 Å². The average Bonchev–Trinajstić information content (AvgIpc) is 0.809. The van der Waals surface area contributed by atoms with E-state index in [1.54, 1.807) is 78.0 Å². The zero-order valence-electron chi connectivity index (χ0n) is 60.7. The summed E-state index contributed by atoms with van der Waals surface area (Å²) in [6, 6.07) is -6.01. The summed E-state index contributed by atoms with van der Waals surface area (Å²) in [6.45, 7) is 28.6. The average molecular weight is 1320 g/mol. The molecule has 0 aromatic heterocycles. The molecule has 1 fully saturated rings. The third kappa shape index (κ3) is 23.5. The Morgan fingerprint density at radius 3 is 1.41 bits per heavy atom. The predicted octanol–water partition coefficient (Wildman–Crippen LogP) is 4.33. The van der Waals surface area contributed by atoms with Crippen molar-refractivity contribution in [3.63, 3.8) is 0 Å². The molecule has 0 unspecified atom stereocenters. The van der Waals surface area contributed by atoms with Gasteiger partial charge in [0.05, 0.1) is 12.6 Å². The van der Waals surface area contributed by atoms with E-state index in [0.717, 1.165) is 15.4 Å². The lowest BCUT2D eigenvalue weighted by Crippen LogP contribution is -2.63. The van der Waals surface area contributed by atoms with Crippen LogP contribution in [-0.4, -0.2) is 233 Å². The van der Waals surface area contributed by atoms with Gasteiger partial charge in [-0.05, 0) is 111 Å². The maximum Gasteiger partial charge on any atom is 0.308 e. The number of hydrogen-bond donors (Lipinski definition) is 5. The Morgan fingerprint density at radius 1 is 0.511 bits per heavy atom. The van der Waals surface area contributed by atoms with Crippen molar-refractivity contribution in [1.29, 1.82) is 0 Å². The highest BCUT2D eigenvalue weighted by Crippen LogP contribution is 2.26. The molecule has 94 heavy (non-hydrogen) atoms.